The summed E-state index contributed by atoms with van der Waals surface area (Å²) in [5.74, 6) is 0.936. The molecule has 0 radical (unpaired) electrons. The van der Waals surface area contributed by atoms with Crippen molar-refractivity contribution in [1.29, 1.82) is 0 Å². The minimum atomic E-state index is -0.177. The van der Waals surface area contributed by atoms with Crippen LogP contribution < -0.4 is 20.1 Å². The summed E-state index contributed by atoms with van der Waals surface area (Å²) in [6, 6.07) is 14.1. The van der Waals surface area contributed by atoms with Gasteiger partial charge in [-0.25, -0.2) is 0 Å². The molecule has 2 fully saturated rings. The molecule has 2 saturated heterocycles. The number of hydrogen-bond acceptors (Lipinski definition) is 6. The fraction of sp³-hybridized carbons (Fsp3) is 0.391. The summed E-state index contributed by atoms with van der Waals surface area (Å²) in [7, 11) is 0. The maximum atomic E-state index is 12.3. The molecular formula is C23H26N2O6. The molecule has 8 heteroatoms. The molecule has 2 aromatic carbocycles. The summed E-state index contributed by atoms with van der Waals surface area (Å²) in [4.78, 5) is 24.6. The number of epoxide rings is 2. The molecule has 2 unspecified atom stereocenters. The number of nitrogens with one attached hydrogen (secondary N) is 2. The molecule has 8 nitrogen and oxygen atoms in total. The predicted molar refractivity (Wildman–Crippen MR) is 113 cm³/mol. The molecule has 2 amide bonds. The Kier molecular flexibility index (Phi) is 7.01. The Morgan fingerprint density at radius 1 is 0.806 bits per heavy atom. The zero-order valence-electron chi connectivity index (χ0n) is 17.2. The van der Waals surface area contributed by atoms with Gasteiger partial charge in [-0.15, -0.1) is 0 Å². The summed E-state index contributed by atoms with van der Waals surface area (Å²) in [5, 5.41) is 5.71. The second-order valence-electron chi connectivity index (χ2n) is 7.45. The Hall–Kier alpha value is -3.10. The average Bonchev–Trinajstić information content (AvgIpc) is 3.71. The van der Waals surface area contributed by atoms with Crippen molar-refractivity contribution in [2.45, 2.75) is 18.6 Å². The molecule has 164 valence electrons. The first-order valence-electron chi connectivity index (χ1n) is 10.4. The largest absolute Gasteiger partial charge is 0.491 e. The lowest BCUT2D eigenvalue weighted by atomic mass is 10.2. The lowest BCUT2D eigenvalue weighted by Gasteiger charge is -2.09. The highest BCUT2D eigenvalue weighted by Crippen LogP contribution is 2.17. The molecule has 2 atom stereocenters. The van der Waals surface area contributed by atoms with Crippen LogP contribution >= 0.6 is 0 Å². The smallest absolute Gasteiger partial charge is 0.251 e. The van der Waals surface area contributed by atoms with E-state index in [1.54, 1.807) is 36.4 Å². The van der Waals surface area contributed by atoms with Gasteiger partial charge in [-0.1, -0.05) is 12.1 Å². The number of amides is 2. The van der Waals surface area contributed by atoms with Crippen LogP contribution in [0.2, 0.25) is 0 Å². The summed E-state index contributed by atoms with van der Waals surface area (Å²) < 4.78 is 21.4. The Morgan fingerprint density at radius 3 is 1.68 bits per heavy atom. The molecule has 31 heavy (non-hydrogen) atoms. The summed E-state index contributed by atoms with van der Waals surface area (Å²) in [6.45, 7) is 3.34. The summed E-state index contributed by atoms with van der Waals surface area (Å²) >= 11 is 0. The van der Waals surface area contributed by atoms with Crippen molar-refractivity contribution >= 4 is 11.8 Å². The normalized spacial score (nSPS) is 18.7. The second-order valence-corrected chi connectivity index (χ2v) is 7.45. The van der Waals surface area contributed by atoms with Gasteiger partial charge >= 0.3 is 0 Å². The van der Waals surface area contributed by atoms with Crippen LogP contribution in [-0.4, -0.2) is 63.5 Å². The van der Waals surface area contributed by atoms with Crippen LogP contribution in [0.3, 0.4) is 0 Å². The molecule has 0 aromatic heterocycles. The molecule has 0 bridgehead atoms. The number of carbonyl (C=O) groups is 2. The maximum absolute atomic E-state index is 12.3. The Bertz CT molecular complexity index is 837. The molecule has 0 spiro atoms. The highest BCUT2D eigenvalue weighted by molar-refractivity contribution is 5.95. The van der Waals surface area contributed by atoms with Crippen molar-refractivity contribution in [1.82, 2.24) is 10.6 Å². The average molecular weight is 426 g/mol. The first-order chi connectivity index (χ1) is 15.2. The van der Waals surface area contributed by atoms with E-state index in [2.05, 4.69) is 10.6 Å². The Labute approximate surface area is 180 Å². The summed E-state index contributed by atoms with van der Waals surface area (Å²) in [5.41, 5.74) is 1.07. The van der Waals surface area contributed by atoms with Gasteiger partial charge in [0.25, 0.3) is 11.8 Å². The van der Waals surface area contributed by atoms with E-state index < -0.39 is 0 Å². The van der Waals surface area contributed by atoms with Gasteiger partial charge in [-0.05, 0) is 42.8 Å². The van der Waals surface area contributed by atoms with Crippen LogP contribution in [0.25, 0.3) is 0 Å². The van der Waals surface area contributed by atoms with Gasteiger partial charge in [0.2, 0.25) is 0 Å². The molecular weight excluding hydrogens is 400 g/mol. The quantitative estimate of drug-likeness (QED) is 0.396. The first kappa shape index (κ1) is 21.1. The molecule has 2 aliphatic rings. The van der Waals surface area contributed by atoms with Crippen molar-refractivity contribution in [3.05, 3.63) is 59.7 Å². The minimum Gasteiger partial charge on any atom is -0.491 e. The molecule has 0 saturated carbocycles. The van der Waals surface area contributed by atoms with Crippen LogP contribution in [0.1, 0.15) is 27.1 Å². The van der Waals surface area contributed by atoms with Crippen LogP contribution in [0.5, 0.6) is 11.5 Å². The monoisotopic (exact) mass is 426 g/mol. The van der Waals surface area contributed by atoms with E-state index in [0.29, 0.717) is 55.4 Å². The molecule has 2 N–H and O–H groups in total. The summed E-state index contributed by atoms with van der Waals surface area (Å²) in [6.07, 6.45) is 0.946. The van der Waals surface area contributed by atoms with Crippen LogP contribution in [0, 0.1) is 0 Å². The number of carbonyl (C=O) groups excluding carboxylic acids is 2. The number of ether oxygens (including phenoxy) is 4. The van der Waals surface area contributed by atoms with E-state index in [9.17, 15) is 9.59 Å². The third-order valence-corrected chi connectivity index (χ3v) is 4.79. The van der Waals surface area contributed by atoms with Gasteiger partial charge < -0.3 is 29.6 Å². The maximum Gasteiger partial charge on any atom is 0.251 e. The van der Waals surface area contributed by atoms with Crippen LogP contribution in [0.4, 0.5) is 0 Å². The van der Waals surface area contributed by atoms with E-state index >= 15 is 0 Å². The van der Waals surface area contributed by atoms with Crippen molar-refractivity contribution in [3.63, 3.8) is 0 Å². The van der Waals surface area contributed by atoms with E-state index in [1.807, 2.05) is 12.1 Å². The van der Waals surface area contributed by atoms with Gasteiger partial charge in [0.15, 0.2) is 0 Å². The zero-order chi connectivity index (χ0) is 21.5. The minimum absolute atomic E-state index is 0.167. The van der Waals surface area contributed by atoms with E-state index in [1.165, 1.54) is 0 Å². The van der Waals surface area contributed by atoms with Crippen molar-refractivity contribution < 1.29 is 28.5 Å². The third-order valence-electron chi connectivity index (χ3n) is 4.79. The zero-order valence-corrected chi connectivity index (χ0v) is 17.2. The number of rotatable bonds is 12. The van der Waals surface area contributed by atoms with E-state index in [0.717, 1.165) is 13.2 Å². The van der Waals surface area contributed by atoms with Gasteiger partial charge in [0, 0.05) is 24.2 Å². The van der Waals surface area contributed by atoms with Gasteiger partial charge in [0.1, 0.15) is 36.9 Å². The highest BCUT2D eigenvalue weighted by Gasteiger charge is 2.23. The Morgan fingerprint density at radius 2 is 1.26 bits per heavy atom. The third kappa shape index (κ3) is 6.97. The van der Waals surface area contributed by atoms with E-state index in [4.69, 9.17) is 18.9 Å². The predicted octanol–water partition coefficient (Wildman–Crippen LogP) is 1.79. The number of benzene rings is 2. The first-order valence-corrected chi connectivity index (χ1v) is 10.4. The van der Waals surface area contributed by atoms with Crippen molar-refractivity contribution in [2.75, 3.05) is 39.5 Å². The van der Waals surface area contributed by atoms with Crippen LogP contribution in [0.15, 0.2) is 48.5 Å². The topological polar surface area (TPSA) is 102 Å². The number of hydrogen-bond donors (Lipinski definition) is 2. The fourth-order valence-corrected chi connectivity index (χ4v) is 2.86. The Balaban J connectivity index is 1.14. The SMILES string of the molecule is O=C(NCCCNC(=O)c1cccc(OCC2CO2)c1)c1cccc(OCC2CO2)c1. The molecule has 2 heterocycles. The second kappa shape index (κ2) is 10.3. The van der Waals surface area contributed by atoms with Gasteiger partial charge in [0.05, 0.1) is 13.2 Å². The van der Waals surface area contributed by atoms with Crippen molar-refractivity contribution in [3.8, 4) is 11.5 Å². The van der Waals surface area contributed by atoms with Crippen molar-refractivity contribution in [2.24, 2.45) is 0 Å². The van der Waals surface area contributed by atoms with E-state index in [-0.39, 0.29) is 24.0 Å². The lowest BCUT2D eigenvalue weighted by Crippen LogP contribution is -2.29. The molecule has 4 rings (SSSR count). The molecule has 2 aliphatic heterocycles. The molecule has 2 aromatic rings. The van der Waals surface area contributed by atoms with Gasteiger partial charge in [-0.2, -0.15) is 0 Å². The lowest BCUT2D eigenvalue weighted by molar-refractivity contribution is 0.0951. The fourth-order valence-electron chi connectivity index (χ4n) is 2.86. The standard InChI is InChI=1S/C23H26N2O6/c26-22(16-4-1-6-18(10-16)28-12-20-14-30-20)24-8-3-9-25-23(27)17-5-2-7-19(11-17)29-13-21-15-31-21/h1-2,4-7,10-11,20-21H,3,8-9,12-15H2,(H,24,26)(H,25,27). The molecule has 0 aliphatic carbocycles. The highest BCUT2D eigenvalue weighted by atomic mass is 16.6. The van der Waals surface area contributed by atoms with Gasteiger partial charge in [-0.3, -0.25) is 9.59 Å². The van der Waals surface area contributed by atoms with Crippen LogP contribution in [-0.2, 0) is 9.47 Å².